The van der Waals surface area contributed by atoms with Gasteiger partial charge in [0.25, 0.3) is 5.91 Å². The predicted octanol–water partition coefficient (Wildman–Crippen LogP) is 3.68. The molecule has 1 saturated heterocycles. The number of morpholine rings is 1. The summed E-state index contributed by atoms with van der Waals surface area (Å²) in [5, 5.41) is 0. The summed E-state index contributed by atoms with van der Waals surface area (Å²) in [4.78, 5) is 17.7. The molecule has 6 heteroatoms. The number of rotatable bonds is 8. The van der Waals surface area contributed by atoms with Crippen LogP contribution in [0.3, 0.4) is 0 Å². The Labute approximate surface area is 184 Å². The smallest absolute Gasteiger partial charge is 0.254 e. The number of carbonyl (C=O) groups excluding carboxylic acids is 1. The Balaban J connectivity index is 1.45. The minimum Gasteiger partial charge on any atom is -0.454 e. The van der Waals surface area contributed by atoms with Crippen molar-refractivity contribution >= 4 is 12.0 Å². The number of hydrogen-bond donors (Lipinski definition) is 0. The normalized spacial score (nSPS) is 16.4. The monoisotopic (exact) mass is 422 g/mol. The number of nitrogens with zero attached hydrogens (tertiary/aromatic N) is 2. The summed E-state index contributed by atoms with van der Waals surface area (Å²) >= 11 is 0. The zero-order valence-corrected chi connectivity index (χ0v) is 18.1. The van der Waals surface area contributed by atoms with E-state index >= 15 is 0 Å². The molecular formula is C25H30N2O4. The van der Waals surface area contributed by atoms with Crippen LogP contribution in [-0.4, -0.2) is 68.4 Å². The third-order valence-corrected chi connectivity index (χ3v) is 5.57. The van der Waals surface area contributed by atoms with Crippen molar-refractivity contribution < 1.29 is 19.0 Å². The van der Waals surface area contributed by atoms with E-state index in [-0.39, 0.29) is 12.7 Å². The van der Waals surface area contributed by atoms with E-state index in [9.17, 15) is 4.79 Å². The molecule has 1 fully saturated rings. The first-order valence-corrected chi connectivity index (χ1v) is 10.9. The second-order valence-electron chi connectivity index (χ2n) is 8.00. The second-order valence-corrected chi connectivity index (χ2v) is 8.00. The highest BCUT2D eigenvalue weighted by Gasteiger charge is 2.21. The fourth-order valence-corrected chi connectivity index (χ4v) is 3.95. The third-order valence-electron chi connectivity index (χ3n) is 5.57. The topological polar surface area (TPSA) is 51.2 Å². The Morgan fingerprint density at radius 1 is 1.06 bits per heavy atom. The predicted molar refractivity (Wildman–Crippen MR) is 120 cm³/mol. The van der Waals surface area contributed by atoms with Crippen LogP contribution >= 0.6 is 0 Å². The van der Waals surface area contributed by atoms with Gasteiger partial charge < -0.3 is 19.1 Å². The van der Waals surface area contributed by atoms with E-state index in [0.29, 0.717) is 30.2 Å². The van der Waals surface area contributed by atoms with Crippen LogP contribution in [0.15, 0.2) is 54.1 Å². The Bertz CT molecular complexity index is 907. The molecule has 0 radical (unpaired) electrons. The lowest BCUT2D eigenvalue weighted by atomic mass is 10.1. The minimum atomic E-state index is 0.0149. The quantitative estimate of drug-likeness (QED) is 0.650. The third kappa shape index (κ3) is 5.87. The molecule has 0 N–H and O–H groups in total. The lowest BCUT2D eigenvalue weighted by Crippen LogP contribution is -2.39. The molecule has 2 heterocycles. The van der Waals surface area contributed by atoms with Gasteiger partial charge in [-0.05, 0) is 37.1 Å². The molecule has 0 unspecified atom stereocenters. The summed E-state index contributed by atoms with van der Waals surface area (Å²) in [5.74, 6) is 1.34. The van der Waals surface area contributed by atoms with Crippen LogP contribution in [0.25, 0.3) is 6.08 Å². The van der Waals surface area contributed by atoms with E-state index in [0.717, 1.165) is 50.4 Å². The first-order chi connectivity index (χ1) is 15.2. The molecule has 2 aliphatic heterocycles. The molecule has 6 nitrogen and oxygen atoms in total. The molecule has 2 aliphatic rings. The van der Waals surface area contributed by atoms with Gasteiger partial charge in [0.2, 0.25) is 6.79 Å². The zero-order valence-electron chi connectivity index (χ0n) is 18.1. The summed E-state index contributed by atoms with van der Waals surface area (Å²) in [7, 11) is 0. The van der Waals surface area contributed by atoms with E-state index < -0.39 is 0 Å². The minimum absolute atomic E-state index is 0.0149. The molecule has 0 aromatic heterocycles. The number of benzene rings is 2. The highest BCUT2D eigenvalue weighted by atomic mass is 16.7. The van der Waals surface area contributed by atoms with Crippen molar-refractivity contribution in [2.24, 2.45) is 0 Å². The van der Waals surface area contributed by atoms with Gasteiger partial charge in [0, 0.05) is 38.3 Å². The average molecular weight is 423 g/mol. The average Bonchev–Trinajstić information content (AvgIpc) is 3.27. The molecule has 2 aromatic carbocycles. The van der Waals surface area contributed by atoms with Crippen molar-refractivity contribution in [2.75, 3.05) is 52.7 Å². The second kappa shape index (κ2) is 10.5. The molecule has 0 bridgehead atoms. The van der Waals surface area contributed by atoms with Crippen molar-refractivity contribution in [3.05, 3.63) is 65.2 Å². The molecule has 0 aliphatic carbocycles. The number of amides is 1. The van der Waals surface area contributed by atoms with Gasteiger partial charge >= 0.3 is 0 Å². The molecule has 0 saturated carbocycles. The van der Waals surface area contributed by atoms with Crippen molar-refractivity contribution in [1.82, 2.24) is 9.80 Å². The fraction of sp³-hybridized carbons (Fsp3) is 0.400. The van der Waals surface area contributed by atoms with Crippen LogP contribution in [0.2, 0.25) is 0 Å². The highest BCUT2D eigenvalue weighted by molar-refractivity contribution is 5.95. The van der Waals surface area contributed by atoms with Gasteiger partial charge in [-0.3, -0.25) is 9.69 Å². The maximum Gasteiger partial charge on any atom is 0.254 e. The van der Waals surface area contributed by atoms with Crippen LogP contribution in [0.5, 0.6) is 11.5 Å². The first-order valence-electron chi connectivity index (χ1n) is 10.9. The maximum atomic E-state index is 13.4. The standard InChI is InChI=1S/C25H30N2O4/c1-20(16-21-6-3-2-4-7-21)18-27(11-5-10-26-12-14-29-15-13-26)25(28)22-8-9-23-24(17-22)31-19-30-23/h2-4,6-9,16-17H,5,10-15,18-19H2,1H3/b20-16+. The van der Waals surface area contributed by atoms with Crippen LogP contribution in [-0.2, 0) is 4.74 Å². The SMILES string of the molecule is C/C(=C\c1ccccc1)CN(CCCN1CCOCC1)C(=O)c1ccc2c(c1)OCO2. The van der Waals surface area contributed by atoms with Crippen molar-refractivity contribution in [3.8, 4) is 11.5 Å². The molecule has 1 amide bonds. The van der Waals surface area contributed by atoms with E-state index in [1.165, 1.54) is 0 Å². The Morgan fingerprint density at radius 3 is 2.65 bits per heavy atom. The molecule has 4 rings (SSSR count). The number of fused-ring (bicyclic) bond motifs is 1. The lowest BCUT2D eigenvalue weighted by Gasteiger charge is -2.28. The summed E-state index contributed by atoms with van der Waals surface area (Å²) < 4.78 is 16.3. The van der Waals surface area contributed by atoms with Gasteiger partial charge in [0.05, 0.1) is 13.2 Å². The molecule has 2 aromatic rings. The first kappa shape index (κ1) is 21.4. The molecule has 0 atom stereocenters. The van der Waals surface area contributed by atoms with Crippen molar-refractivity contribution in [1.29, 1.82) is 0 Å². The van der Waals surface area contributed by atoms with Crippen LogP contribution in [0.4, 0.5) is 0 Å². The summed E-state index contributed by atoms with van der Waals surface area (Å²) in [5.41, 5.74) is 2.92. The maximum absolute atomic E-state index is 13.4. The number of ether oxygens (including phenoxy) is 3. The van der Waals surface area contributed by atoms with E-state index in [2.05, 4.69) is 30.0 Å². The van der Waals surface area contributed by atoms with Gasteiger partial charge in [0.15, 0.2) is 11.5 Å². The molecular weight excluding hydrogens is 392 g/mol. The van der Waals surface area contributed by atoms with Gasteiger partial charge in [0.1, 0.15) is 0 Å². The molecule has 31 heavy (non-hydrogen) atoms. The summed E-state index contributed by atoms with van der Waals surface area (Å²) in [6, 6.07) is 15.6. The van der Waals surface area contributed by atoms with E-state index in [4.69, 9.17) is 14.2 Å². The molecule has 164 valence electrons. The molecule has 0 spiro atoms. The van der Waals surface area contributed by atoms with Crippen molar-refractivity contribution in [2.45, 2.75) is 13.3 Å². The Kier molecular flexibility index (Phi) is 7.22. The summed E-state index contributed by atoms with van der Waals surface area (Å²) in [6.45, 7) is 8.04. The fourth-order valence-electron chi connectivity index (χ4n) is 3.95. The van der Waals surface area contributed by atoms with E-state index in [1.807, 2.05) is 35.2 Å². The zero-order chi connectivity index (χ0) is 21.5. The number of carbonyl (C=O) groups is 1. The van der Waals surface area contributed by atoms with Crippen LogP contribution < -0.4 is 9.47 Å². The Morgan fingerprint density at radius 2 is 1.84 bits per heavy atom. The summed E-state index contributed by atoms with van der Waals surface area (Å²) in [6.07, 6.45) is 3.07. The van der Waals surface area contributed by atoms with Crippen molar-refractivity contribution in [3.63, 3.8) is 0 Å². The van der Waals surface area contributed by atoms with E-state index in [1.54, 1.807) is 6.07 Å². The highest BCUT2D eigenvalue weighted by Crippen LogP contribution is 2.32. The van der Waals surface area contributed by atoms with Gasteiger partial charge in [-0.1, -0.05) is 42.0 Å². The lowest BCUT2D eigenvalue weighted by molar-refractivity contribution is 0.0358. The van der Waals surface area contributed by atoms with Crippen LogP contribution in [0.1, 0.15) is 29.3 Å². The Hall–Kier alpha value is -2.83. The largest absolute Gasteiger partial charge is 0.454 e. The van der Waals surface area contributed by atoms with Gasteiger partial charge in [-0.15, -0.1) is 0 Å². The van der Waals surface area contributed by atoms with Gasteiger partial charge in [-0.2, -0.15) is 0 Å². The van der Waals surface area contributed by atoms with Gasteiger partial charge in [-0.25, -0.2) is 0 Å². The van der Waals surface area contributed by atoms with Crippen LogP contribution in [0, 0.1) is 0 Å². The number of hydrogen-bond acceptors (Lipinski definition) is 5.